The third-order valence-electron chi connectivity index (χ3n) is 5.07. The van der Waals surface area contributed by atoms with Crippen molar-refractivity contribution in [2.24, 2.45) is 0 Å². The second-order valence-electron chi connectivity index (χ2n) is 7.43. The highest BCUT2D eigenvalue weighted by atomic mass is 32.2. The number of rotatable bonds is 8. The van der Waals surface area contributed by atoms with E-state index in [-0.39, 0.29) is 22.9 Å². The summed E-state index contributed by atoms with van der Waals surface area (Å²) in [6.07, 6.45) is 1.48. The Hall–Kier alpha value is -4.16. The molecule has 0 aliphatic carbocycles. The van der Waals surface area contributed by atoms with Crippen LogP contribution in [0.1, 0.15) is 11.1 Å². The Bertz CT molecular complexity index is 1490. The van der Waals surface area contributed by atoms with Gasteiger partial charge in [0.15, 0.2) is 16.4 Å². The SMILES string of the molecule is COc1cc(/C=C2\SC(=O)N(Cc3ccccc3)C2=O)ccc1OS(=O)(=O)c1ccccc1[N+](=O)[O-]. The lowest BCUT2D eigenvalue weighted by Crippen LogP contribution is -2.27. The van der Waals surface area contributed by atoms with Gasteiger partial charge in [0.2, 0.25) is 0 Å². The highest BCUT2D eigenvalue weighted by Crippen LogP contribution is 2.36. The second kappa shape index (κ2) is 10.2. The fourth-order valence-corrected chi connectivity index (χ4v) is 5.33. The Labute approximate surface area is 210 Å². The third kappa shape index (κ3) is 5.24. The Morgan fingerprint density at radius 1 is 1.00 bits per heavy atom. The molecule has 2 amide bonds. The average molecular weight is 527 g/mol. The first-order valence-electron chi connectivity index (χ1n) is 10.3. The molecule has 4 rings (SSSR count). The number of thioether (sulfide) groups is 1. The molecule has 0 aromatic heterocycles. The molecule has 184 valence electrons. The molecule has 1 aliphatic rings. The van der Waals surface area contributed by atoms with E-state index < -0.39 is 36.8 Å². The molecule has 0 spiro atoms. The van der Waals surface area contributed by atoms with E-state index in [0.717, 1.165) is 34.4 Å². The zero-order chi connectivity index (χ0) is 25.9. The van der Waals surface area contributed by atoms with Gasteiger partial charge in [-0.2, -0.15) is 8.42 Å². The van der Waals surface area contributed by atoms with Crippen LogP contribution in [0.2, 0.25) is 0 Å². The van der Waals surface area contributed by atoms with E-state index in [1.807, 2.05) is 30.3 Å². The molecule has 3 aromatic carbocycles. The molecule has 0 radical (unpaired) electrons. The Kier molecular flexibility index (Phi) is 7.08. The lowest BCUT2D eigenvalue weighted by molar-refractivity contribution is -0.387. The number of hydrogen-bond acceptors (Lipinski definition) is 9. The van der Waals surface area contributed by atoms with Crippen molar-refractivity contribution in [2.75, 3.05) is 7.11 Å². The fraction of sp³-hybridized carbons (Fsp3) is 0.0833. The summed E-state index contributed by atoms with van der Waals surface area (Å²) in [6, 6.07) is 18.1. The van der Waals surface area contributed by atoms with Gasteiger partial charge in [-0.15, -0.1) is 0 Å². The molecule has 0 bridgehead atoms. The van der Waals surface area contributed by atoms with Crippen LogP contribution >= 0.6 is 11.8 Å². The number of ether oxygens (including phenoxy) is 1. The number of nitro benzene ring substituents is 1. The van der Waals surface area contributed by atoms with Crippen molar-refractivity contribution >= 4 is 44.8 Å². The first-order valence-corrected chi connectivity index (χ1v) is 12.6. The third-order valence-corrected chi connectivity index (χ3v) is 7.26. The van der Waals surface area contributed by atoms with E-state index in [1.54, 1.807) is 0 Å². The van der Waals surface area contributed by atoms with Crippen LogP contribution in [0, 0.1) is 10.1 Å². The summed E-state index contributed by atoms with van der Waals surface area (Å²) in [5.41, 5.74) is 0.635. The number of methoxy groups -OCH3 is 1. The topological polar surface area (TPSA) is 133 Å². The van der Waals surface area contributed by atoms with Crippen LogP contribution < -0.4 is 8.92 Å². The lowest BCUT2D eigenvalue weighted by atomic mass is 10.1. The quantitative estimate of drug-likeness (QED) is 0.179. The lowest BCUT2D eigenvalue weighted by Gasteiger charge is -2.12. The molecule has 0 unspecified atom stereocenters. The van der Waals surface area contributed by atoms with E-state index in [2.05, 4.69) is 0 Å². The van der Waals surface area contributed by atoms with Crippen molar-refractivity contribution < 1.29 is 31.9 Å². The van der Waals surface area contributed by atoms with E-state index in [0.29, 0.717) is 5.56 Å². The predicted octanol–water partition coefficient (Wildman–Crippen LogP) is 4.61. The molecule has 1 fully saturated rings. The van der Waals surface area contributed by atoms with E-state index in [4.69, 9.17) is 8.92 Å². The van der Waals surface area contributed by atoms with E-state index in [9.17, 15) is 28.1 Å². The summed E-state index contributed by atoms with van der Waals surface area (Å²) in [4.78, 5) is 36.3. The van der Waals surface area contributed by atoms with E-state index >= 15 is 0 Å². The van der Waals surface area contributed by atoms with Gasteiger partial charge in [0.25, 0.3) is 16.8 Å². The van der Waals surface area contributed by atoms with Crippen molar-refractivity contribution in [1.29, 1.82) is 0 Å². The monoisotopic (exact) mass is 526 g/mol. The number of hydrogen-bond donors (Lipinski definition) is 0. The highest BCUT2D eigenvalue weighted by molar-refractivity contribution is 8.18. The Morgan fingerprint density at radius 2 is 1.69 bits per heavy atom. The molecule has 36 heavy (non-hydrogen) atoms. The molecule has 10 nitrogen and oxygen atoms in total. The maximum Gasteiger partial charge on any atom is 0.346 e. The molecule has 0 atom stereocenters. The standard InChI is InChI=1S/C24H18N2O8S2/c1-33-20-13-17(14-21-23(27)25(24(28)35-21)15-16-7-3-2-4-8-16)11-12-19(20)34-36(31,32)22-10-6-5-9-18(22)26(29)30/h2-14H,15H2,1H3/b21-14-. The van der Waals surface area contributed by atoms with Gasteiger partial charge >= 0.3 is 10.1 Å². The van der Waals surface area contributed by atoms with Crippen LogP contribution in [0.3, 0.4) is 0 Å². The van der Waals surface area contributed by atoms with Crippen molar-refractivity contribution in [2.45, 2.75) is 11.4 Å². The van der Waals surface area contributed by atoms with Crippen LogP contribution in [0.4, 0.5) is 10.5 Å². The number of amides is 2. The number of carbonyl (C=O) groups is 2. The number of benzene rings is 3. The molecule has 1 heterocycles. The van der Waals surface area contributed by atoms with Crippen LogP contribution in [-0.4, -0.2) is 36.5 Å². The molecule has 1 aliphatic heterocycles. The van der Waals surface area contributed by atoms with E-state index in [1.165, 1.54) is 43.5 Å². The normalized spacial score (nSPS) is 14.8. The molecule has 0 N–H and O–H groups in total. The first-order chi connectivity index (χ1) is 17.2. The number of para-hydroxylation sites is 1. The zero-order valence-electron chi connectivity index (χ0n) is 18.7. The van der Waals surface area contributed by atoms with Gasteiger partial charge in [0.1, 0.15) is 0 Å². The average Bonchev–Trinajstić information content (AvgIpc) is 3.12. The molecular formula is C24H18N2O8S2. The molecule has 12 heteroatoms. The second-order valence-corrected chi connectivity index (χ2v) is 9.93. The summed E-state index contributed by atoms with van der Waals surface area (Å²) >= 11 is 0.792. The predicted molar refractivity (Wildman–Crippen MR) is 132 cm³/mol. The number of imide groups is 1. The van der Waals surface area contributed by atoms with Crippen molar-refractivity contribution in [3.8, 4) is 11.5 Å². The largest absolute Gasteiger partial charge is 0.493 e. The Balaban J connectivity index is 1.58. The van der Waals surface area contributed by atoms with Gasteiger partial charge in [-0.05, 0) is 47.2 Å². The van der Waals surface area contributed by atoms with Crippen LogP contribution in [0.25, 0.3) is 6.08 Å². The minimum Gasteiger partial charge on any atom is -0.493 e. The summed E-state index contributed by atoms with van der Waals surface area (Å²) < 4.78 is 35.8. The molecule has 0 saturated carbocycles. The highest BCUT2D eigenvalue weighted by Gasteiger charge is 2.35. The van der Waals surface area contributed by atoms with Crippen molar-refractivity contribution in [3.63, 3.8) is 0 Å². The number of carbonyl (C=O) groups excluding carboxylic acids is 2. The summed E-state index contributed by atoms with van der Waals surface area (Å²) in [7, 11) is -3.27. The fourth-order valence-electron chi connectivity index (χ4n) is 3.38. The number of nitrogens with zero attached hydrogens (tertiary/aromatic N) is 2. The van der Waals surface area contributed by atoms with Crippen LogP contribution in [0.15, 0.2) is 82.6 Å². The van der Waals surface area contributed by atoms with Gasteiger partial charge < -0.3 is 8.92 Å². The maximum absolute atomic E-state index is 12.8. The van der Waals surface area contributed by atoms with Gasteiger partial charge in [-0.25, -0.2) is 0 Å². The minimum atomic E-state index is -4.56. The first kappa shape index (κ1) is 24.9. The maximum atomic E-state index is 12.8. The molecule has 3 aromatic rings. The molecule has 1 saturated heterocycles. The van der Waals surface area contributed by atoms with Crippen molar-refractivity contribution in [3.05, 3.63) is 98.9 Å². The summed E-state index contributed by atoms with van der Waals surface area (Å²) in [5, 5.41) is 10.8. The van der Waals surface area contributed by atoms with Crippen LogP contribution in [-0.2, 0) is 21.5 Å². The smallest absolute Gasteiger partial charge is 0.346 e. The zero-order valence-corrected chi connectivity index (χ0v) is 20.3. The minimum absolute atomic E-state index is 0.00873. The molecular weight excluding hydrogens is 508 g/mol. The summed E-state index contributed by atoms with van der Waals surface area (Å²) in [5.74, 6) is -0.647. The van der Waals surface area contributed by atoms with Gasteiger partial charge in [0, 0.05) is 6.07 Å². The number of nitro groups is 1. The Morgan fingerprint density at radius 3 is 2.39 bits per heavy atom. The summed E-state index contributed by atoms with van der Waals surface area (Å²) in [6.45, 7) is 0.141. The van der Waals surface area contributed by atoms with Crippen molar-refractivity contribution in [1.82, 2.24) is 4.90 Å². The van der Waals surface area contributed by atoms with Crippen LogP contribution in [0.5, 0.6) is 11.5 Å². The van der Waals surface area contributed by atoms with Gasteiger partial charge in [0.05, 0.1) is 23.5 Å². The van der Waals surface area contributed by atoms with Gasteiger partial charge in [-0.3, -0.25) is 24.6 Å². The van der Waals surface area contributed by atoms with Gasteiger partial charge in [-0.1, -0.05) is 48.5 Å².